The average molecular weight is 440 g/mol. The molecule has 0 radical (unpaired) electrons. The minimum Gasteiger partial charge on any atom is -0.488 e. The summed E-state index contributed by atoms with van der Waals surface area (Å²) >= 11 is 6.09. The molecule has 1 saturated heterocycles. The Morgan fingerprint density at radius 3 is 2.52 bits per heavy atom. The van der Waals surface area contributed by atoms with E-state index >= 15 is 0 Å². The molecule has 2 aromatic carbocycles. The summed E-state index contributed by atoms with van der Waals surface area (Å²) in [6, 6.07) is 13.3. The van der Waals surface area contributed by atoms with Crippen LogP contribution in [0.15, 0.2) is 47.0 Å². The van der Waals surface area contributed by atoms with E-state index in [9.17, 15) is 4.79 Å². The summed E-state index contributed by atoms with van der Waals surface area (Å²) in [5.41, 5.74) is 4.60. The second-order valence-electron chi connectivity index (χ2n) is 7.80. The maximum atomic E-state index is 13.2. The van der Waals surface area contributed by atoms with Crippen molar-refractivity contribution in [3.63, 3.8) is 0 Å². The van der Waals surface area contributed by atoms with Crippen LogP contribution in [0.5, 0.6) is 5.75 Å². The standard InChI is InChI=1S/C24H26ClN3O3/c1-16-14-19(25)8-9-22(16)27-10-12-28(13-11-27)24(29)20-6-4-5-7-23(20)30-15-21-17(2)26-31-18(21)3/h4-9,14H,10-13,15H2,1-3H3. The molecule has 0 aliphatic carbocycles. The van der Waals surface area contributed by atoms with Gasteiger partial charge in [-0.15, -0.1) is 0 Å². The molecule has 3 aromatic rings. The van der Waals surface area contributed by atoms with Gasteiger partial charge in [-0.1, -0.05) is 28.9 Å². The molecular formula is C24H26ClN3O3. The van der Waals surface area contributed by atoms with Crippen LogP contribution in [0.3, 0.4) is 0 Å². The third-order valence-corrected chi connectivity index (χ3v) is 5.97. The van der Waals surface area contributed by atoms with Crippen molar-refractivity contribution in [2.24, 2.45) is 0 Å². The zero-order valence-corrected chi connectivity index (χ0v) is 18.8. The van der Waals surface area contributed by atoms with E-state index in [2.05, 4.69) is 17.0 Å². The number of halogens is 1. The molecule has 162 valence electrons. The summed E-state index contributed by atoms with van der Waals surface area (Å²) < 4.78 is 11.2. The summed E-state index contributed by atoms with van der Waals surface area (Å²) in [6.45, 7) is 8.97. The number of amides is 1. The van der Waals surface area contributed by atoms with Crippen molar-refractivity contribution in [1.29, 1.82) is 0 Å². The highest BCUT2D eigenvalue weighted by molar-refractivity contribution is 6.30. The average Bonchev–Trinajstić information content (AvgIpc) is 3.09. The van der Waals surface area contributed by atoms with Crippen molar-refractivity contribution in [1.82, 2.24) is 10.1 Å². The van der Waals surface area contributed by atoms with Crippen LogP contribution in [0.25, 0.3) is 0 Å². The molecule has 1 aliphatic rings. The first-order valence-electron chi connectivity index (χ1n) is 10.4. The van der Waals surface area contributed by atoms with E-state index in [0.29, 0.717) is 31.0 Å². The van der Waals surface area contributed by atoms with Crippen LogP contribution in [0.2, 0.25) is 5.02 Å². The minimum atomic E-state index is -0.0122. The van der Waals surface area contributed by atoms with Crippen LogP contribution >= 0.6 is 11.6 Å². The predicted octanol–water partition coefficient (Wildman–Crippen LogP) is 4.79. The molecule has 0 atom stereocenters. The van der Waals surface area contributed by atoms with Gasteiger partial charge in [0.2, 0.25) is 0 Å². The van der Waals surface area contributed by atoms with Gasteiger partial charge < -0.3 is 19.1 Å². The molecule has 6 nitrogen and oxygen atoms in total. The molecule has 0 bridgehead atoms. The topological polar surface area (TPSA) is 58.8 Å². The number of carbonyl (C=O) groups is 1. The van der Waals surface area contributed by atoms with E-state index < -0.39 is 0 Å². The molecular weight excluding hydrogens is 414 g/mol. The molecule has 7 heteroatoms. The Kier molecular flexibility index (Phi) is 6.18. The number of carbonyl (C=O) groups excluding carboxylic acids is 1. The quantitative estimate of drug-likeness (QED) is 0.571. The number of hydrogen-bond acceptors (Lipinski definition) is 5. The fraction of sp³-hybridized carbons (Fsp3) is 0.333. The third kappa shape index (κ3) is 4.54. The lowest BCUT2D eigenvalue weighted by Crippen LogP contribution is -2.49. The Hall–Kier alpha value is -2.99. The summed E-state index contributed by atoms with van der Waals surface area (Å²) in [5.74, 6) is 1.29. The maximum absolute atomic E-state index is 13.2. The predicted molar refractivity (Wildman–Crippen MR) is 121 cm³/mol. The number of nitrogens with zero attached hydrogens (tertiary/aromatic N) is 3. The van der Waals surface area contributed by atoms with E-state index in [0.717, 1.165) is 40.7 Å². The molecule has 0 N–H and O–H groups in total. The molecule has 0 spiro atoms. The summed E-state index contributed by atoms with van der Waals surface area (Å²) in [5, 5.41) is 4.70. The van der Waals surface area contributed by atoms with Gasteiger partial charge in [0.1, 0.15) is 18.1 Å². The Morgan fingerprint density at radius 1 is 1.10 bits per heavy atom. The fourth-order valence-corrected chi connectivity index (χ4v) is 4.15. The molecule has 1 aliphatic heterocycles. The Labute approximate surface area is 187 Å². The monoisotopic (exact) mass is 439 g/mol. The first-order chi connectivity index (χ1) is 14.9. The third-order valence-electron chi connectivity index (χ3n) is 5.74. The summed E-state index contributed by atoms with van der Waals surface area (Å²) in [6.07, 6.45) is 0. The lowest BCUT2D eigenvalue weighted by Gasteiger charge is -2.37. The van der Waals surface area contributed by atoms with Crippen molar-refractivity contribution in [2.45, 2.75) is 27.4 Å². The van der Waals surface area contributed by atoms with Gasteiger partial charge in [-0.2, -0.15) is 0 Å². The van der Waals surface area contributed by atoms with Crippen molar-refractivity contribution >= 4 is 23.2 Å². The Bertz CT molecular complexity index is 1070. The summed E-state index contributed by atoms with van der Waals surface area (Å²) in [4.78, 5) is 17.4. The number of anilines is 1. The van der Waals surface area contributed by atoms with Gasteiger partial charge in [0.25, 0.3) is 5.91 Å². The molecule has 0 saturated carbocycles. The van der Waals surface area contributed by atoms with E-state index in [-0.39, 0.29) is 5.91 Å². The van der Waals surface area contributed by atoms with E-state index in [1.165, 1.54) is 5.69 Å². The highest BCUT2D eigenvalue weighted by Crippen LogP contribution is 2.26. The zero-order chi connectivity index (χ0) is 22.0. The molecule has 2 heterocycles. The zero-order valence-electron chi connectivity index (χ0n) is 18.0. The van der Waals surface area contributed by atoms with Gasteiger partial charge in [-0.05, 0) is 56.7 Å². The normalized spacial score (nSPS) is 14.1. The van der Waals surface area contributed by atoms with Gasteiger partial charge in [-0.25, -0.2) is 0 Å². The SMILES string of the molecule is Cc1cc(Cl)ccc1N1CCN(C(=O)c2ccccc2OCc2c(C)noc2C)CC1. The number of ether oxygens (including phenoxy) is 1. The highest BCUT2D eigenvalue weighted by atomic mass is 35.5. The number of benzene rings is 2. The maximum Gasteiger partial charge on any atom is 0.257 e. The Morgan fingerprint density at radius 2 is 1.84 bits per heavy atom. The Balaban J connectivity index is 1.43. The van der Waals surface area contributed by atoms with Crippen molar-refractivity contribution in [3.8, 4) is 5.75 Å². The summed E-state index contributed by atoms with van der Waals surface area (Å²) in [7, 11) is 0. The van der Waals surface area contributed by atoms with Crippen LogP contribution in [0.4, 0.5) is 5.69 Å². The van der Waals surface area contributed by atoms with Crippen LogP contribution in [-0.4, -0.2) is 42.1 Å². The second kappa shape index (κ2) is 9.02. The van der Waals surface area contributed by atoms with Gasteiger partial charge in [0, 0.05) is 36.9 Å². The van der Waals surface area contributed by atoms with E-state index in [4.69, 9.17) is 20.9 Å². The minimum absolute atomic E-state index is 0.0122. The number of piperazine rings is 1. The van der Waals surface area contributed by atoms with Gasteiger partial charge in [-0.3, -0.25) is 4.79 Å². The molecule has 0 unspecified atom stereocenters. The van der Waals surface area contributed by atoms with Gasteiger partial charge >= 0.3 is 0 Å². The van der Waals surface area contributed by atoms with Gasteiger partial charge in [0.05, 0.1) is 16.8 Å². The molecule has 1 amide bonds. The largest absolute Gasteiger partial charge is 0.488 e. The van der Waals surface area contributed by atoms with Crippen LogP contribution in [0.1, 0.15) is 32.9 Å². The van der Waals surface area contributed by atoms with Gasteiger partial charge in [0.15, 0.2) is 0 Å². The van der Waals surface area contributed by atoms with Crippen molar-refractivity contribution < 1.29 is 14.1 Å². The van der Waals surface area contributed by atoms with Crippen LogP contribution in [-0.2, 0) is 6.61 Å². The smallest absolute Gasteiger partial charge is 0.257 e. The highest BCUT2D eigenvalue weighted by Gasteiger charge is 2.25. The molecule has 4 rings (SSSR count). The lowest BCUT2D eigenvalue weighted by atomic mass is 10.1. The number of aryl methyl sites for hydroxylation is 3. The lowest BCUT2D eigenvalue weighted by molar-refractivity contribution is 0.0742. The van der Waals surface area contributed by atoms with E-state index in [1.807, 2.05) is 61.2 Å². The molecule has 1 fully saturated rings. The van der Waals surface area contributed by atoms with Crippen molar-refractivity contribution in [2.75, 3.05) is 31.1 Å². The molecule has 31 heavy (non-hydrogen) atoms. The fourth-order valence-electron chi connectivity index (χ4n) is 3.92. The van der Waals surface area contributed by atoms with Crippen LogP contribution < -0.4 is 9.64 Å². The second-order valence-corrected chi connectivity index (χ2v) is 8.23. The van der Waals surface area contributed by atoms with Crippen molar-refractivity contribution in [3.05, 3.63) is 75.6 Å². The van der Waals surface area contributed by atoms with E-state index in [1.54, 1.807) is 0 Å². The first-order valence-corrected chi connectivity index (χ1v) is 10.8. The first kappa shape index (κ1) is 21.2. The number of aromatic nitrogens is 1. The number of rotatable bonds is 5. The number of para-hydroxylation sites is 1. The van der Waals surface area contributed by atoms with Crippen LogP contribution in [0, 0.1) is 20.8 Å². The number of hydrogen-bond donors (Lipinski definition) is 0. The molecule has 1 aromatic heterocycles.